The summed E-state index contributed by atoms with van der Waals surface area (Å²) in [4.78, 5) is 38.3. The number of ether oxygens (including phenoxy) is 3. The van der Waals surface area contributed by atoms with Crippen LogP contribution in [0.4, 0.5) is 5.69 Å². The van der Waals surface area contributed by atoms with Crippen molar-refractivity contribution in [3.8, 4) is 11.5 Å². The molecule has 0 amide bonds. The fourth-order valence-electron chi connectivity index (χ4n) is 5.26. The summed E-state index contributed by atoms with van der Waals surface area (Å²) in [6, 6.07) is 10.5. The van der Waals surface area contributed by atoms with Crippen LogP contribution in [0.3, 0.4) is 0 Å². The number of methoxy groups -OCH3 is 2. The summed E-state index contributed by atoms with van der Waals surface area (Å²) in [6.07, 6.45) is 1.39. The second kappa shape index (κ2) is 11.1. The first-order chi connectivity index (χ1) is 18.2. The van der Waals surface area contributed by atoms with Crippen LogP contribution in [0.15, 0.2) is 58.9 Å². The first-order valence-corrected chi connectivity index (χ1v) is 12.6. The molecule has 0 bridgehead atoms. The number of carbonyl (C=O) groups excluding carboxylic acids is 2. The largest absolute Gasteiger partial charge is 0.493 e. The van der Waals surface area contributed by atoms with Gasteiger partial charge in [0.1, 0.15) is 0 Å². The van der Waals surface area contributed by atoms with E-state index in [0.717, 1.165) is 5.56 Å². The van der Waals surface area contributed by atoms with Crippen LogP contribution in [0.25, 0.3) is 0 Å². The molecule has 0 fully saturated rings. The molecule has 1 aliphatic carbocycles. The van der Waals surface area contributed by atoms with E-state index >= 15 is 0 Å². The smallest absolute Gasteiger partial charge is 0.336 e. The maximum absolute atomic E-state index is 13.8. The highest BCUT2D eigenvalue weighted by Crippen LogP contribution is 2.47. The Balaban J connectivity index is 1.81. The van der Waals surface area contributed by atoms with Crippen molar-refractivity contribution < 1.29 is 28.7 Å². The van der Waals surface area contributed by atoms with Crippen molar-refractivity contribution in [2.24, 2.45) is 0 Å². The minimum absolute atomic E-state index is 0.0615. The molecule has 0 saturated carbocycles. The highest BCUT2D eigenvalue weighted by atomic mass is 16.6. The Bertz CT molecular complexity index is 1360. The first kappa shape index (κ1) is 26.9. The van der Waals surface area contributed by atoms with Gasteiger partial charge in [-0.3, -0.25) is 14.9 Å². The van der Waals surface area contributed by atoms with Gasteiger partial charge in [0.05, 0.1) is 31.3 Å². The van der Waals surface area contributed by atoms with Gasteiger partial charge in [-0.2, -0.15) is 0 Å². The van der Waals surface area contributed by atoms with Crippen molar-refractivity contribution in [3.05, 3.63) is 85.7 Å². The maximum atomic E-state index is 13.8. The van der Waals surface area contributed by atoms with Crippen molar-refractivity contribution >= 4 is 17.4 Å². The van der Waals surface area contributed by atoms with Crippen LogP contribution in [0.5, 0.6) is 11.5 Å². The lowest BCUT2D eigenvalue weighted by Gasteiger charge is -2.36. The monoisotopic (exact) mass is 520 g/mol. The average molecular weight is 521 g/mol. The Labute approximate surface area is 221 Å². The zero-order valence-corrected chi connectivity index (χ0v) is 22.3. The van der Waals surface area contributed by atoms with E-state index < -0.39 is 16.8 Å². The number of nitrogens with one attached hydrogen (secondary N) is 1. The first-order valence-electron chi connectivity index (χ1n) is 12.6. The van der Waals surface area contributed by atoms with Gasteiger partial charge in [-0.15, -0.1) is 0 Å². The summed E-state index contributed by atoms with van der Waals surface area (Å²) in [7, 11) is 3.13. The third kappa shape index (κ3) is 5.01. The second-order valence-electron chi connectivity index (χ2n) is 9.57. The topological polar surface area (TPSA) is 117 Å². The Morgan fingerprint density at radius 2 is 1.76 bits per heavy atom. The normalized spacial score (nSPS) is 19.0. The van der Waals surface area contributed by atoms with E-state index in [1.165, 1.54) is 6.07 Å². The number of nitrogens with zero attached hydrogens (tertiary/aromatic N) is 1. The average Bonchev–Trinajstić information content (AvgIpc) is 2.90. The quantitative estimate of drug-likeness (QED) is 0.285. The number of esters is 1. The number of ketones is 1. The van der Waals surface area contributed by atoms with Crippen LogP contribution in [-0.4, -0.2) is 37.5 Å². The number of nitro benzene ring substituents is 1. The van der Waals surface area contributed by atoms with Gasteiger partial charge in [0.25, 0.3) is 5.69 Å². The molecular formula is C29H32N2O7. The highest BCUT2D eigenvalue weighted by Gasteiger charge is 2.42. The number of carbonyl (C=O) groups is 2. The molecule has 200 valence electrons. The summed E-state index contributed by atoms with van der Waals surface area (Å²) >= 11 is 0. The summed E-state index contributed by atoms with van der Waals surface area (Å²) in [5.74, 6) is -0.372. The summed E-state index contributed by atoms with van der Waals surface area (Å²) in [5, 5.41) is 15.0. The molecule has 1 N–H and O–H groups in total. The standard InChI is InChI=1S/C29H32N2O7/c1-6-11-38-29(33)26-17(3)30-21-12-20(18-9-10-24(36-4)25(15-18)37-5)14-23(32)28(21)27(26)19-8-7-16(2)22(13-19)31(34)35/h7-10,13,15,20,27,30H,6,11-12,14H2,1-5H3/t20-,27+/m0/s1. The Morgan fingerprint density at radius 1 is 1.05 bits per heavy atom. The number of allylic oxidation sites excluding steroid dienone is 3. The second-order valence-corrected chi connectivity index (χ2v) is 9.57. The van der Waals surface area contributed by atoms with Gasteiger partial charge in [0.2, 0.25) is 0 Å². The fourth-order valence-corrected chi connectivity index (χ4v) is 5.26. The number of hydrogen-bond acceptors (Lipinski definition) is 8. The SMILES string of the molecule is CCCOC(=O)C1=C(C)NC2=C(C(=O)C[C@@H](c3ccc(OC)c(OC)c3)C2)[C@@H]1c1ccc(C)c([N+](=O)[O-])c1. The lowest BCUT2D eigenvalue weighted by molar-refractivity contribution is -0.385. The van der Waals surface area contributed by atoms with Gasteiger partial charge < -0.3 is 19.5 Å². The molecular weight excluding hydrogens is 488 g/mol. The Morgan fingerprint density at radius 3 is 2.42 bits per heavy atom. The minimum atomic E-state index is -0.770. The molecule has 9 nitrogen and oxygen atoms in total. The molecule has 9 heteroatoms. The molecule has 0 unspecified atom stereocenters. The number of Topliss-reactive ketones (excluding diaryl/α,β-unsaturated/α-hetero) is 1. The van der Waals surface area contributed by atoms with Crippen LogP contribution in [0, 0.1) is 17.0 Å². The number of benzene rings is 2. The van der Waals surface area contributed by atoms with Crippen LogP contribution >= 0.6 is 0 Å². The van der Waals surface area contributed by atoms with Crippen molar-refractivity contribution in [1.29, 1.82) is 0 Å². The van der Waals surface area contributed by atoms with Crippen molar-refractivity contribution in [1.82, 2.24) is 5.32 Å². The molecule has 2 aliphatic rings. The molecule has 1 heterocycles. The lowest BCUT2D eigenvalue weighted by Crippen LogP contribution is -2.36. The molecule has 2 atom stereocenters. The van der Waals surface area contributed by atoms with Gasteiger partial charge in [-0.05, 0) is 55.9 Å². The van der Waals surface area contributed by atoms with Gasteiger partial charge >= 0.3 is 5.97 Å². The third-order valence-corrected chi connectivity index (χ3v) is 7.13. The number of nitro groups is 1. The van der Waals surface area contributed by atoms with Gasteiger partial charge in [0.15, 0.2) is 17.3 Å². The number of rotatable bonds is 8. The van der Waals surface area contributed by atoms with Gasteiger partial charge in [-0.25, -0.2) is 4.79 Å². The van der Waals surface area contributed by atoms with E-state index in [4.69, 9.17) is 14.2 Å². The van der Waals surface area contributed by atoms with E-state index in [-0.39, 0.29) is 30.4 Å². The van der Waals surface area contributed by atoms with Gasteiger partial charge in [0, 0.05) is 40.9 Å². The van der Waals surface area contributed by atoms with Crippen molar-refractivity contribution in [2.45, 2.75) is 51.9 Å². The van der Waals surface area contributed by atoms with E-state index in [1.54, 1.807) is 40.2 Å². The molecule has 2 aromatic carbocycles. The molecule has 4 rings (SSSR count). The Kier molecular flexibility index (Phi) is 7.85. The van der Waals surface area contributed by atoms with E-state index in [9.17, 15) is 19.7 Å². The predicted octanol–water partition coefficient (Wildman–Crippen LogP) is 5.24. The predicted molar refractivity (Wildman–Crippen MR) is 141 cm³/mol. The van der Waals surface area contributed by atoms with Crippen LogP contribution in [0.1, 0.15) is 61.6 Å². The van der Waals surface area contributed by atoms with Crippen molar-refractivity contribution in [2.75, 3.05) is 20.8 Å². The number of dihydropyridines is 1. The molecule has 2 aromatic rings. The summed E-state index contributed by atoms with van der Waals surface area (Å²) in [6.45, 7) is 5.56. The molecule has 0 aromatic heterocycles. The summed E-state index contributed by atoms with van der Waals surface area (Å²) in [5.41, 5.74) is 3.91. The van der Waals surface area contributed by atoms with Crippen LogP contribution < -0.4 is 14.8 Å². The van der Waals surface area contributed by atoms with E-state index in [2.05, 4.69) is 5.32 Å². The van der Waals surface area contributed by atoms with Crippen LogP contribution in [-0.2, 0) is 14.3 Å². The van der Waals surface area contributed by atoms with Gasteiger partial charge in [-0.1, -0.05) is 25.1 Å². The third-order valence-electron chi connectivity index (χ3n) is 7.13. The maximum Gasteiger partial charge on any atom is 0.336 e. The lowest BCUT2D eigenvalue weighted by atomic mass is 9.71. The number of aryl methyl sites for hydroxylation is 1. The molecule has 38 heavy (non-hydrogen) atoms. The molecule has 0 saturated heterocycles. The molecule has 0 radical (unpaired) electrons. The zero-order valence-electron chi connectivity index (χ0n) is 22.3. The van der Waals surface area contributed by atoms with Crippen LogP contribution in [0.2, 0.25) is 0 Å². The molecule has 0 spiro atoms. The van der Waals surface area contributed by atoms with E-state index in [1.807, 2.05) is 25.1 Å². The summed E-state index contributed by atoms with van der Waals surface area (Å²) < 4.78 is 16.3. The molecule has 1 aliphatic heterocycles. The minimum Gasteiger partial charge on any atom is -0.493 e. The van der Waals surface area contributed by atoms with E-state index in [0.29, 0.717) is 58.0 Å². The van der Waals surface area contributed by atoms with Crippen molar-refractivity contribution in [3.63, 3.8) is 0 Å². The Hall–Kier alpha value is -4.14. The fraction of sp³-hybridized carbons (Fsp3) is 0.379. The number of hydrogen-bond donors (Lipinski definition) is 1. The highest BCUT2D eigenvalue weighted by molar-refractivity contribution is 6.04. The zero-order chi connectivity index (χ0) is 27.6.